The topological polar surface area (TPSA) is 111 Å². The van der Waals surface area contributed by atoms with Gasteiger partial charge in [-0.1, -0.05) is 72.3 Å². The maximum Gasteiger partial charge on any atom is 0.410 e. The van der Waals surface area contributed by atoms with Crippen molar-refractivity contribution in [1.82, 2.24) is 19.4 Å². The van der Waals surface area contributed by atoms with E-state index in [4.69, 9.17) is 22.1 Å². The zero-order chi connectivity index (χ0) is 30.1. The van der Waals surface area contributed by atoms with Gasteiger partial charge in [0.05, 0.1) is 18.8 Å². The van der Waals surface area contributed by atoms with Gasteiger partial charge in [0.1, 0.15) is 30.0 Å². The van der Waals surface area contributed by atoms with Gasteiger partial charge < -0.3 is 19.9 Å². The Morgan fingerprint density at radius 1 is 1.07 bits per heavy atom. The molecule has 43 heavy (non-hydrogen) atoms. The van der Waals surface area contributed by atoms with E-state index in [1.807, 2.05) is 30.3 Å². The monoisotopic (exact) mass is 601 g/mol. The summed E-state index contributed by atoms with van der Waals surface area (Å²) >= 11 is 6.24. The summed E-state index contributed by atoms with van der Waals surface area (Å²) in [5.41, 5.74) is 8.61. The highest BCUT2D eigenvalue weighted by atomic mass is 35.5. The van der Waals surface area contributed by atoms with Gasteiger partial charge >= 0.3 is 6.09 Å². The standard InChI is InChI=1S/C32H29ClFN5O4/c33-22-15-24-23(25(34)16-22)11-12-26(24)39(29(30(35)40)21-9-5-2-6-10-21)31(41)27-17-36-28-18-37(13-14-38(27)28)32(42)43-19-20-7-3-1-4-8-20/h1-10,15-17,26,29H,11-14,18-19H2,(H2,35,40)/t26-,29-/m1/s1. The number of carbonyl (C=O) groups is 3. The Morgan fingerprint density at radius 2 is 1.79 bits per heavy atom. The van der Waals surface area contributed by atoms with Crippen molar-refractivity contribution in [2.75, 3.05) is 6.54 Å². The molecule has 3 aromatic carbocycles. The molecule has 2 atom stereocenters. The molecular weight excluding hydrogens is 573 g/mol. The fourth-order valence-corrected chi connectivity index (χ4v) is 6.19. The number of nitrogens with two attached hydrogens (primary N) is 1. The third-order valence-electron chi connectivity index (χ3n) is 8.00. The lowest BCUT2D eigenvalue weighted by atomic mass is 9.98. The average Bonchev–Trinajstić information content (AvgIpc) is 3.63. The van der Waals surface area contributed by atoms with Crippen molar-refractivity contribution in [3.63, 3.8) is 0 Å². The molecule has 2 heterocycles. The number of rotatable bonds is 7. The van der Waals surface area contributed by atoms with Gasteiger partial charge in [0.15, 0.2) is 0 Å². The summed E-state index contributed by atoms with van der Waals surface area (Å²) in [7, 11) is 0. The lowest BCUT2D eigenvalue weighted by molar-refractivity contribution is -0.123. The van der Waals surface area contributed by atoms with Crippen molar-refractivity contribution in [3.05, 3.63) is 124 Å². The molecule has 1 aliphatic heterocycles. The number of carbonyl (C=O) groups excluding carboxylic acids is 3. The second-order valence-corrected chi connectivity index (χ2v) is 11.0. The molecule has 0 radical (unpaired) electrons. The fourth-order valence-electron chi connectivity index (χ4n) is 5.98. The molecule has 0 saturated heterocycles. The van der Waals surface area contributed by atoms with Crippen LogP contribution in [0.2, 0.25) is 5.02 Å². The predicted octanol–water partition coefficient (Wildman–Crippen LogP) is 5.18. The number of halogens is 2. The molecule has 0 unspecified atom stereocenters. The summed E-state index contributed by atoms with van der Waals surface area (Å²) in [6, 6.07) is 19.3. The average molecular weight is 602 g/mol. The van der Waals surface area contributed by atoms with E-state index in [1.165, 1.54) is 22.1 Å². The van der Waals surface area contributed by atoms with Gasteiger partial charge in [-0.25, -0.2) is 14.2 Å². The summed E-state index contributed by atoms with van der Waals surface area (Å²) in [4.78, 5) is 47.7. The molecule has 0 bridgehead atoms. The molecule has 1 aromatic heterocycles. The van der Waals surface area contributed by atoms with E-state index in [-0.39, 0.29) is 23.9 Å². The van der Waals surface area contributed by atoms with E-state index in [2.05, 4.69) is 4.98 Å². The Bertz CT molecular complexity index is 1680. The third kappa shape index (κ3) is 5.58. The number of fused-ring (bicyclic) bond motifs is 2. The first kappa shape index (κ1) is 28.4. The van der Waals surface area contributed by atoms with Gasteiger partial charge in [0, 0.05) is 18.1 Å². The van der Waals surface area contributed by atoms with Crippen molar-refractivity contribution in [1.29, 1.82) is 0 Å². The maximum atomic E-state index is 14.9. The van der Waals surface area contributed by atoms with Crippen LogP contribution in [-0.2, 0) is 35.6 Å². The Kier molecular flexibility index (Phi) is 7.86. The number of primary amides is 1. The van der Waals surface area contributed by atoms with Gasteiger partial charge in [-0.3, -0.25) is 14.5 Å². The van der Waals surface area contributed by atoms with Crippen LogP contribution in [-0.4, -0.2) is 43.8 Å². The Morgan fingerprint density at radius 3 is 2.51 bits per heavy atom. The highest BCUT2D eigenvalue weighted by Crippen LogP contribution is 2.43. The quantitative estimate of drug-likeness (QED) is 0.314. The number of hydrogen-bond donors (Lipinski definition) is 1. The molecule has 2 aliphatic rings. The zero-order valence-electron chi connectivity index (χ0n) is 23.2. The third-order valence-corrected chi connectivity index (χ3v) is 8.22. The van der Waals surface area contributed by atoms with E-state index in [1.54, 1.807) is 41.0 Å². The predicted molar refractivity (Wildman–Crippen MR) is 156 cm³/mol. The van der Waals surface area contributed by atoms with Gasteiger partial charge in [-0.05, 0) is 47.2 Å². The number of nitrogens with zero attached hydrogens (tertiary/aromatic N) is 4. The number of ether oxygens (including phenoxy) is 1. The SMILES string of the molecule is NC(=O)[C@@H](c1ccccc1)N(C(=O)c1cnc2n1CCN(C(=O)OCc1ccccc1)C2)[C@@H]1CCc2c(F)cc(Cl)cc21. The highest BCUT2D eigenvalue weighted by Gasteiger charge is 2.42. The van der Waals surface area contributed by atoms with Crippen LogP contribution in [0.1, 0.15) is 57.1 Å². The minimum absolute atomic E-state index is 0.144. The van der Waals surface area contributed by atoms with E-state index in [0.717, 1.165) is 5.56 Å². The molecule has 11 heteroatoms. The van der Waals surface area contributed by atoms with E-state index in [0.29, 0.717) is 48.4 Å². The molecule has 1 aliphatic carbocycles. The molecule has 6 rings (SSSR count). The van der Waals surface area contributed by atoms with Gasteiger partial charge in [-0.2, -0.15) is 0 Å². The molecule has 220 valence electrons. The molecule has 2 N–H and O–H groups in total. The summed E-state index contributed by atoms with van der Waals surface area (Å²) in [6.07, 6.45) is 1.72. The van der Waals surface area contributed by atoms with Crippen LogP contribution in [0.5, 0.6) is 0 Å². The number of amides is 3. The highest BCUT2D eigenvalue weighted by molar-refractivity contribution is 6.30. The van der Waals surface area contributed by atoms with E-state index < -0.39 is 35.8 Å². The number of aromatic nitrogens is 2. The lowest BCUT2D eigenvalue weighted by Crippen LogP contribution is -2.45. The van der Waals surface area contributed by atoms with Crippen LogP contribution in [0.25, 0.3) is 0 Å². The molecule has 4 aromatic rings. The summed E-state index contributed by atoms with van der Waals surface area (Å²) in [6.45, 7) is 0.873. The first-order chi connectivity index (χ1) is 20.8. The Balaban J connectivity index is 1.31. The van der Waals surface area contributed by atoms with Crippen molar-refractivity contribution < 1.29 is 23.5 Å². The Labute approximate surface area is 252 Å². The lowest BCUT2D eigenvalue weighted by Gasteiger charge is -2.36. The minimum Gasteiger partial charge on any atom is -0.445 e. The first-order valence-electron chi connectivity index (χ1n) is 14.0. The van der Waals surface area contributed by atoms with Gasteiger partial charge in [0.25, 0.3) is 5.91 Å². The van der Waals surface area contributed by atoms with Crippen molar-refractivity contribution in [2.24, 2.45) is 5.73 Å². The van der Waals surface area contributed by atoms with Crippen LogP contribution in [0, 0.1) is 5.82 Å². The van der Waals surface area contributed by atoms with E-state index >= 15 is 0 Å². The van der Waals surface area contributed by atoms with Crippen molar-refractivity contribution >= 4 is 29.5 Å². The molecule has 0 saturated carbocycles. The largest absolute Gasteiger partial charge is 0.445 e. The fraction of sp³-hybridized carbons (Fsp3) is 0.250. The Hall–Kier alpha value is -4.70. The summed E-state index contributed by atoms with van der Waals surface area (Å²) in [5.74, 6) is -1.15. The van der Waals surface area contributed by atoms with Gasteiger partial charge in [0.2, 0.25) is 5.91 Å². The second-order valence-electron chi connectivity index (χ2n) is 10.6. The van der Waals surface area contributed by atoms with Crippen LogP contribution >= 0.6 is 11.6 Å². The summed E-state index contributed by atoms with van der Waals surface area (Å²) < 4.78 is 22.1. The van der Waals surface area contributed by atoms with Crippen LogP contribution in [0.15, 0.2) is 79.0 Å². The molecule has 0 fully saturated rings. The van der Waals surface area contributed by atoms with Crippen LogP contribution in [0.4, 0.5) is 9.18 Å². The molecule has 9 nitrogen and oxygen atoms in total. The number of benzene rings is 3. The van der Waals surface area contributed by atoms with Crippen molar-refractivity contribution in [3.8, 4) is 0 Å². The van der Waals surface area contributed by atoms with E-state index in [9.17, 15) is 18.8 Å². The maximum absolute atomic E-state index is 14.9. The number of hydrogen-bond acceptors (Lipinski definition) is 5. The normalized spacial score (nSPS) is 16.2. The minimum atomic E-state index is -1.13. The number of imidazole rings is 1. The molecule has 3 amide bonds. The smallest absolute Gasteiger partial charge is 0.410 e. The molecular formula is C32H29ClFN5O4. The van der Waals surface area contributed by atoms with Crippen LogP contribution < -0.4 is 5.73 Å². The van der Waals surface area contributed by atoms with Crippen LogP contribution in [0.3, 0.4) is 0 Å². The zero-order valence-corrected chi connectivity index (χ0v) is 23.9. The first-order valence-corrected chi connectivity index (χ1v) is 14.3. The molecule has 0 spiro atoms. The second kappa shape index (κ2) is 11.9. The summed E-state index contributed by atoms with van der Waals surface area (Å²) in [5, 5.41) is 0.201. The van der Waals surface area contributed by atoms with Gasteiger partial charge in [-0.15, -0.1) is 0 Å². The van der Waals surface area contributed by atoms with Crippen molar-refractivity contribution in [2.45, 2.75) is 44.6 Å².